The summed E-state index contributed by atoms with van der Waals surface area (Å²) in [5, 5.41) is 9.25. The van der Waals surface area contributed by atoms with Gasteiger partial charge in [-0.2, -0.15) is 11.8 Å². The van der Waals surface area contributed by atoms with E-state index < -0.39 is 12.0 Å². The first-order valence-electron chi connectivity index (χ1n) is 6.82. The molecule has 0 bridgehead atoms. The van der Waals surface area contributed by atoms with E-state index in [0.717, 1.165) is 5.75 Å². The lowest BCUT2D eigenvalue weighted by Gasteiger charge is -2.37. The maximum absolute atomic E-state index is 12.6. The molecule has 1 aliphatic rings. The van der Waals surface area contributed by atoms with Gasteiger partial charge in [-0.25, -0.2) is 9.59 Å². The molecule has 1 fully saturated rings. The number of nitrogens with zero attached hydrogens (tertiary/aromatic N) is 2. The predicted octanol–water partition coefficient (Wildman–Crippen LogP) is 1.21. The second-order valence-corrected chi connectivity index (χ2v) is 6.39. The van der Waals surface area contributed by atoms with Crippen LogP contribution in [0.3, 0.4) is 0 Å². The van der Waals surface area contributed by atoms with Gasteiger partial charge in [0.2, 0.25) is 0 Å². The molecule has 20 heavy (non-hydrogen) atoms. The van der Waals surface area contributed by atoms with Crippen LogP contribution in [0.25, 0.3) is 0 Å². The highest BCUT2D eigenvalue weighted by molar-refractivity contribution is 7.99. The first kappa shape index (κ1) is 17.1. The van der Waals surface area contributed by atoms with E-state index in [1.54, 1.807) is 23.8 Å². The largest absolute Gasteiger partial charge is 0.480 e. The van der Waals surface area contributed by atoms with Gasteiger partial charge in [0.25, 0.3) is 0 Å². The number of carboxylic acid groups (broad SMARTS) is 1. The Kier molecular flexibility index (Phi) is 7.15. The van der Waals surface area contributed by atoms with Crippen LogP contribution in [0.15, 0.2) is 0 Å². The molecule has 1 aliphatic heterocycles. The number of carbonyl (C=O) groups excluding carboxylic acids is 1. The molecule has 0 saturated carbocycles. The van der Waals surface area contributed by atoms with Crippen LogP contribution in [0.5, 0.6) is 0 Å². The van der Waals surface area contributed by atoms with E-state index >= 15 is 0 Å². The second-order valence-electron chi connectivity index (χ2n) is 5.24. The molecule has 1 unspecified atom stereocenters. The molecule has 0 aromatic rings. The average molecular weight is 304 g/mol. The molecule has 1 saturated heterocycles. The van der Waals surface area contributed by atoms with Crippen molar-refractivity contribution >= 4 is 23.8 Å². The zero-order chi connectivity index (χ0) is 15.1. The number of carboxylic acids is 1. The Hall–Kier alpha value is -0.950. The molecule has 0 aliphatic carbocycles. The van der Waals surface area contributed by atoms with E-state index in [4.69, 9.17) is 4.74 Å². The zero-order valence-corrected chi connectivity index (χ0v) is 13.2. The Morgan fingerprint density at radius 3 is 2.75 bits per heavy atom. The van der Waals surface area contributed by atoms with Crippen LogP contribution in [0, 0.1) is 5.92 Å². The highest BCUT2D eigenvalue weighted by Gasteiger charge is 2.34. The van der Waals surface area contributed by atoms with Crippen LogP contribution in [0.1, 0.15) is 13.8 Å². The van der Waals surface area contributed by atoms with E-state index in [2.05, 4.69) is 0 Å². The van der Waals surface area contributed by atoms with Crippen molar-refractivity contribution < 1.29 is 19.4 Å². The number of hydrogen-bond acceptors (Lipinski definition) is 4. The van der Waals surface area contributed by atoms with Gasteiger partial charge in [-0.05, 0) is 5.92 Å². The summed E-state index contributed by atoms with van der Waals surface area (Å²) >= 11 is 1.58. The maximum Gasteiger partial charge on any atom is 0.327 e. The summed E-state index contributed by atoms with van der Waals surface area (Å²) in [5.41, 5.74) is 0. The van der Waals surface area contributed by atoms with Crippen molar-refractivity contribution in [1.82, 2.24) is 9.80 Å². The van der Waals surface area contributed by atoms with Crippen molar-refractivity contribution in [3.8, 4) is 0 Å². The van der Waals surface area contributed by atoms with Crippen LogP contribution in [0.4, 0.5) is 4.79 Å². The van der Waals surface area contributed by atoms with Crippen molar-refractivity contribution in [3.05, 3.63) is 0 Å². The minimum Gasteiger partial charge on any atom is -0.480 e. The lowest BCUT2D eigenvalue weighted by atomic mass is 10.2. The molecule has 0 spiro atoms. The number of thioether (sulfide) groups is 1. The molecule has 0 aromatic carbocycles. The van der Waals surface area contributed by atoms with Crippen molar-refractivity contribution in [2.45, 2.75) is 19.9 Å². The fourth-order valence-corrected chi connectivity index (χ4v) is 3.16. The van der Waals surface area contributed by atoms with Gasteiger partial charge in [-0.3, -0.25) is 0 Å². The molecule has 1 rings (SSSR count). The molecule has 0 aromatic heterocycles. The van der Waals surface area contributed by atoms with E-state index in [1.165, 1.54) is 4.90 Å². The summed E-state index contributed by atoms with van der Waals surface area (Å²) < 4.78 is 5.03. The van der Waals surface area contributed by atoms with Gasteiger partial charge in [0.1, 0.15) is 6.04 Å². The fourth-order valence-electron chi connectivity index (χ4n) is 2.13. The van der Waals surface area contributed by atoms with Crippen molar-refractivity contribution in [3.63, 3.8) is 0 Å². The van der Waals surface area contributed by atoms with E-state index in [9.17, 15) is 14.7 Å². The van der Waals surface area contributed by atoms with Crippen LogP contribution in [-0.4, -0.2) is 77.8 Å². The minimum absolute atomic E-state index is 0.191. The third-order valence-corrected chi connectivity index (χ3v) is 4.10. The number of methoxy groups -OCH3 is 1. The molecule has 7 heteroatoms. The third kappa shape index (κ3) is 4.86. The summed E-state index contributed by atoms with van der Waals surface area (Å²) in [5.74, 6) is 0.649. The van der Waals surface area contributed by atoms with E-state index in [-0.39, 0.29) is 6.03 Å². The Balaban J connectivity index is 2.76. The molecule has 1 heterocycles. The number of ether oxygens (including phenoxy) is 1. The van der Waals surface area contributed by atoms with Gasteiger partial charge in [-0.1, -0.05) is 13.8 Å². The third-order valence-electron chi connectivity index (χ3n) is 3.08. The number of carbonyl (C=O) groups is 2. The van der Waals surface area contributed by atoms with Gasteiger partial charge in [0.15, 0.2) is 0 Å². The highest BCUT2D eigenvalue weighted by Crippen LogP contribution is 2.19. The first-order valence-corrected chi connectivity index (χ1v) is 7.97. The zero-order valence-electron chi connectivity index (χ0n) is 12.4. The Labute approximate surface area is 124 Å². The SMILES string of the molecule is COCCN(CC(C)C)C(=O)N1CCSCC1C(=O)O. The summed E-state index contributed by atoms with van der Waals surface area (Å²) in [6, 6.07) is -0.915. The molecule has 0 radical (unpaired) electrons. The summed E-state index contributed by atoms with van der Waals surface area (Å²) in [4.78, 5) is 27.0. The fraction of sp³-hybridized carbons (Fsp3) is 0.846. The molecule has 116 valence electrons. The smallest absolute Gasteiger partial charge is 0.327 e. The summed E-state index contributed by atoms with van der Waals surface area (Å²) in [6.07, 6.45) is 0. The standard InChI is InChI=1S/C13H24N2O4S/c1-10(2)8-14(4-6-19-3)13(18)15-5-7-20-9-11(15)12(16)17/h10-11H,4-9H2,1-3H3,(H,16,17). The minimum atomic E-state index is -0.929. The van der Waals surface area contributed by atoms with Crippen molar-refractivity contribution in [2.24, 2.45) is 5.92 Å². The number of urea groups is 1. The lowest BCUT2D eigenvalue weighted by Crippen LogP contribution is -2.55. The molecule has 6 nitrogen and oxygen atoms in total. The Bertz CT molecular complexity index is 338. The summed E-state index contributed by atoms with van der Waals surface area (Å²) in [6.45, 7) is 6.12. The molecule has 1 atom stereocenters. The molecule has 2 amide bonds. The van der Waals surface area contributed by atoms with Gasteiger partial charge in [-0.15, -0.1) is 0 Å². The predicted molar refractivity (Wildman–Crippen MR) is 79.1 cm³/mol. The van der Waals surface area contributed by atoms with Crippen molar-refractivity contribution in [1.29, 1.82) is 0 Å². The highest BCUT2D eigenvalue weighted by atomic mass is 32.2. The van der Waals surface area contributed by atoms with Crippen LogP contribution < -0.4 is 0 Å². The van der Waals surface area contributed by atoms with Gasteiger partial charge in [0, 0.05) is 38.2 Å². The lowest BCUT2D eigenvalue weighted by molar-refractivity contribution is -0.141. The van der Waals surface area contributed by atoms with Crippen molar-refractivity contribution in [2.75, 3.05) is 44.9 Å². The maximum atomic E-state index is 12.6. The Morgan fingerprint density at radius 2 is 2.20 bits per heavy atom. The molecular weight excluding hydrogens is 280 g/mol. The quantitative estimate of drug-likeness (QED) is 0.799. The Morgan fingerprint density at radius 1 is 1.50 bits per heavy atom. The van der Waals surface area contributed by atoms with Gasteiger partial charge in [0.05, 0.1) is 6.61 Å². The first-order chi connectivity index (χ1) is 9.47. The normalized spacial score (nSPS) is 19.2. The number of aliphatic carboxylic acids is 1. The second kappa shape index (κ2) is 8.36. The van der Waals surface area contributed by atoms with Crippen LogP contribution in [-0.2, 0) is 9.53 Å². The molecule has 1 N–H and O–H groups in total. The number of amides is 2. The average Bonchev–Trinajstić information content (AvgIpc) is 2.42. The topological polar surface area (TPSA) is 70.1 Å². The van der Waals surface area contributed by atoms with Crippen LogP contribution in [0.2, 0.25) is 0 Å². The van der Waals surface area contributed by atoms with E-state index in [1.807, 2.05) is 13.8 Å². The summed E-state index contributed by atoms with van der Waals surface area (Å²) in [7, 11) is 1.59. The van der Waals surface area contributed by atoms with Crippen LogP contribution >= 0.6 is 11.8 Å². The number of rotatable bonds is 6. The monoisotopic (exact) mass is 304 g/mol. The number of hydrogen-bond donors (Lipinski definition) is 1. The van der Waals surface area contributed by atoms with Gasteiger partial charge >= 0.3 is 12.0 Å². The van der Waals surface area contributed by atoms with Gasteiger partial charge < -0.3 is 19.6 Å². The van der Waals surface area contributed by atoms with E-state index in [0.29, 0.717) is 37.9 Å². The molecular formula is C13H24N2O4S.